The molecule has 1 saturated heterocycles. The molecule has 1 aromatic heterocycles. The second-order valence-electron chi connectivity index (χ2n) is 5.31. The number of pyridine rings is 1. The second kappa shape index (κ2) is 5.68. The van der Waals surface area contributed by atoms with Gasteiger partial charge in [0, 0.05) is 18.1 Å². The van der Waals surface area contributed by atoms with Gasteiger partial charge in [-0.05, 0) is 56.1 Å². The summed E-state index contributed by atoms with van der Waals surface area (Å²) in [4.78, 5) is 6.74. The van der Waals surface area contributed by atoms with Gasteiger partial charge in [0.25, 0.3) is 0 Å². The summed E-state index contributed by atoms with van der Waals surface area (Å²) in [7, 11) is 0. The van der Waals surface area contributed by atoms with E-state index in [1.165, 1.54) is 25.9 Å². The van der Waals surface area contributed by atoms with E-state index >= 15 is 0 Å². The Morgan fingerprint density at radius 1 is 1.21 bits per heavy atom. The Labute approximate surface area is 113 Å². The smallest absolute Gasteiger partial charge is 0.0802 e. The van der Waals surface area contributed by atoms with E-state index in [2.05, 4.69) is 16.0 Å². The standard InChI is InChI=1S/C16H20N2O/c19-16(7-11-18-9-1-2-10-18)14-5-6-15-13(12-14)4-3-8-17-15/h3-6,8,12,16,19H,1-2,7,9-11H2. The van der Waals surface area contributed by atoms with Crippen LogP contribution in [-0.2, 0) is 0 Å². The van der Waals surface area contributed by atoms with Crippen LogP contribution in [0.4, 0.5) is 0 Å². The summed E-state index contributed by atoms with van der Waals surface area (Å²) in [5, 5.41) is 11.4. The third kappa shape index (κ3) is 2.94. The maximum Gasteiger partial charge on any atom is 0.0802 e. The zero-order valence-electron chi connectivity index (χ0n) is 11.1. The molecule has 1 aliphatic heterocycles. The summed E-state index contributed by atoms with van der Waals surface area (Å²) in [6, 6.07) is 10.0. The van der Waals surface area contributed by atoms with E-state index < -0.39 is 0 Å². The molecule has 2 aromatic rings. The van der Waals surface area contributed by atoms with Crippen molar-refractivity contribution in [2.24, 2.45) is 0 Å². The van der Waals surface area contributed by atoms with E-state index in [1.807, 2.05) is 24.3 Å². The molecule has 0 aliphatic carbocycles. The van der Waals surface area contributed by atoms with Gasteiger partial charge >= 0.3 is 0 Å². The molecule has 19 heavy (non-hydrogen) atoms. The van der Waals surface area contributed by atoms with Gasteiger partial charge in [-0.2, -0.15) is 0 Å². The highest BCUT2D eigenvalue weighted by molar-refractivity contribution is 5.78. The van der Waals surface area contributed by atoms with Crippen molar-refractivity contribution in [2.45, 2.75) is 25.4 Å². The molecule has 2 heterocycles. The SMILES string of the molecule is OC(CCN1CCCC1)c1ccc2ncccc2c1. The number of aromatic nitrogens is 1. The molecule has 1 N–H and O–H groups in total. The van der Waals surface area contributed by atoms with Gasteiger partial charge < -0.3 is 10.0 Å². The molecule has 3 rings (SSSR count). The highest BCUT2D eigenvalue weighted by Gasteiger charge is 2.14. The number of nitrogens with zero attached hydrogens (tertiary/aromatic N) is 2. The van der Waals surface area contributed by atoms with Crippen LogP contribution < -0.4 is 0 Å². The Morgan fingerprint density at radius 3 is 2.89 bits per heavy atom. The minimum atomic E-state index is -0.370. The van der Waals surface area contributed by atoms with Gasteiger partial charge in [-0.1, -0.05) is 12.1 Å². The predicted molar refractivity (Wildman–Crippen MR) is 77.0 cm³/mol. The minimum absolute atomic E-state index is 0.370. The van der Waals surface area contributed by atoms with E-state index in [9.17, 15) is 5.11 Å². The molecule has 1 fully saturated rings. The van der Waals surface area contributed by atoms with Crippen molar-refractivity contribution in [3.63, 3.8) is 0 Å². The van der Waals surface area contributed by atoms with Crippen molar-refractivity contribution in [3.05, 3.63) is 42.1 Å². The fourth-order valence-corrected chi connectivity index (χ4v) is 2.78. The topological polar surface area (TPSA) is 36.4 Å². The van der Waals surface area contributed by atoms with Gasteiger partial charge in [0.2, 0.25) is 0 Å². The highest BCUT2D eigenvalue weighted by atomic mass is 16.3. The summed E-state index contributed by atoms with van der Waals surface area (Å²) in [6.07, 6.45) is 4.85. The largest absolute Gasteiger partial charge is 0.388 e. The number of fused-ring (bicyclic) bond motifs is 1. The van der Waals surface area contributed by atoms with Gasteiger partial charge in [-0.25, -0.2) is 0 Å². The van der Waals surface area contributed by atoms with Crippen LogP contribution in [-0.4, -0.2) is 34.6 Å². The Balaban J connectivity index is 1.68. The van der Waals surface area contributed by atoms with Gasteiger partial charge in [0.1, 0.15) is 0 Å². The lowest BCUT2D eigenvalue weighted by molar-refractivity contribution is 0.149. The molecule has 1 aromatic carbocycles. The van der Waals surface area contributed by atoms with Crippen LogP contribution in [0, 0.1) is 0 Å². The van der Waals surface area contributed by atoms with Gasteiger partial charge in [0.05, 0.1) is 11.6 Å². The molecule has 1 unspecified atom stereocenters. The molecule has 0 spiro atoms. The lowest BCUT2D eigenvalue weighted by atomic mass is 10.0. The molecule has 0 bridgehead atoms. The molecule has 1 aliphatic rings. The maximum atomic E-state index is 10.3. The first kappa shape index (κ1) is 12.6. The fourth-order valence-electron chi connectivity index (χ4n) is 2.78. The Morgan fingerprint density at radius 2 is 2.05 bits per heavy atom. The molecule has 0 amide bonds. The number of aliphatic hydroxyl groups is 1. The van der Waals surface area contributed by atoms with Gasteiger partial charge in [0.15, 0.2) is 0 Å². The van der Waals surface area contributed by atoms with Crippen LogP contribution in [0.3, 0.4) is 0 Å². The molecule has 100 valence electrons. The fraction of sp³-hybridized carbons (Fsp3) is 0.438. The van der Waals surface area contributed by atoms with Crippen LogP contribution in [0.1, 0.15) is 30.9 Å². The zero-order chi connectivity index (χ0) is 13.1. The van der Waals surface area contributed by atoms with Crippen molar-refractivity contribution < 1.29 is 5.11 Å². The number of hydrogen-bond acceptors (Lipinski definition) is 3. The molecule has 1 atom stereocenters. The summed E-state index contributed by atoms with van der Waals surface area (Å²) < 4.78 is 0. The average molecular weight is 256 g/mol. The van der Waals surface area contributed by atoms with Crippen LogP contribution in [0.25, 0.3) is 10.9 Å². The maximum absolute atomic E-state index is 10.3. The zero-order valence-corrected chi connectivity index (χ0v) is 11.1. The van der Waals surface area contributed by atoms with Crippen LogP contribution in [0.15, 0.2) is 36.5 Å². The first-order valence-electron chi connectivity index (χ1n) is 7.08. The molecular formula is C16H20N2O. The number of aliphatic hydroxyl groups excluding tert-OH is 1. The van der Waals surface area contributed by atoms with Gasteiger partial charge in [-0.15, -0.1) is 0 Å². The summed E-state index contributed by atoms with van der Waals surface area (Å²) in [6.45, 7) is 3.37. The van der Waals surface area contributed by atoms with Crippen molar-refractivity contribution in [1.29, 1.82) is 0 Å². The van der Waals surface area contributed by atoms with Crippen molar-refractivity contribution in [1.82, 2.24) is 9.88 Å². The number of likely N-dealkylation sites (tertiary alicyclic amines) is 1. The lowest BCUT2D eigenvalue weighted by Gasteiger charge is -2.17. The van der Waals surface area contributed by atoms with Crippen LogP contribution >= 0.6 is 0 Å². The Bertz CT molecular complexity index is 549. The first-order valence-corrected chi connectivity index (χ1v) is 7.08. The van der Waals surface area contributed by atoms with Crippen molar-refractivity contribution in [3.8, 4) is 0 Å². The third-order valence-corrected chi connectivity index (χ3v) is 3.93. The Kier molecular flexibility index (Phi) is 3.76. The minimum Gasteiger partial charge on any atom is -0.388 e. The van der Waals surface area contributed by atoms with E-state index in [1.54, 1.807) is 6.20 Å². The highest BCUT2D eigenvalue weighted by Crippen LogP contribution is 2.22. The predicted octanol–water partition coefficient (Wildman–Crippen LogP) is 2.75. The van der Waals surface area contributed by atoms with E-state index in [0.717, 1.165) is 29.4 Å². The normalized spacial score (nSPS) is 17.9. The quantitative estimate of drug-likeness (QED) is 0.913. The van der Waals surface area contributed by atoms with Crippen LogP contribution in [0.2, 0.25) is 0 Å². The lowest BCUT2D eigenvalue weighted by Crippen LogP contribution is -2.22. The molecule has 0 saturated carbocycles. The van der Waals surface area contributed by atoms with Crippen LogP contribution in [0.5, 0.6) is 0 Å². The molecule has 3 nitrogen and oxygen atoms in total. The van der Waals surface area contributed by atoms with E-state index in [0.29, 0.717) is 0 Å². The second-order valence-corrected chi connectivity index (χ2v) is 5.31. The molecule has 3 heteroatoms. The number of hydrogen-bond donors (Lipinski definition) is 1. The Hall–Kier alpha value is -1.45. The van der Waals surface area contributed by atoms with E-state index in [-0.39, 0.29) is 6.10 Å². The summed E-state index contributed by atoms with van der Waals surface area (Å²) >= 11 is 0. The average Bonchev–Trinajstić information content (AvgIpc) is 2.97. The molecular weight excluding hydrogens is 236 g/mol. The summed E-state index contributed by atoms with van der Waals surface area (Å²) in [5.74, 6) is 0. The number of benzene rings is 1. The van der Waals surface area contributed by atoms with E-state index in [4.69, 9.17) is 0 Å². The van der Waals surface area contributed by atoms with Crippen molar-refractivity contribution in [2.75, 3.05) is 19.6 Å². The first-order chi connectivity index (χ1) is 9.33. The summed E-state index contributed by atoms with van der Waals surface area (Å²) in [5.41, 5.74) is 1.98. The third-order valence-electron chi connectivity index (χ3n) is 3.93. The molecule has 0 radical (unpaired) electrons. The number of rotatable bonds is 4. The monoisotopic (exact) mass is 256 g/mol. The van der Waals surface area contributed by atoms with Gasteiger partial charge in [-0.3, -0.25) is 4.98 Å². The van der Waals surface area contributed by atoms with Crippen molar-refractivity contribution >= 4 is 10.9 Å².